The van der Waals surface area contributed by atoms with Crippen LogP contribution in [-0.4, -0.2) is 60.0 Å². The summed E-state index contributed by atoms with van der Waals surface area (Å²) in [5, 5.41) is 5.30. The van der Waals surface area contributed by atoms with Gasteiger partial charge in [0.1, 0.15) is 0 Å². The first-order chi connectivity index (χ1) is 21.8. The number of aromatic nitrogens is 1. The van der Waals surface area contributed by atoms with Gasteiger partial charge in [-0.2, -0.15) is 4.31 Å². The minimum Gasteiger partial charge on any atom is -0.302 e. The molecule has 0 bridgehead atoms. The molecule has 5 rings (SSSR count). The van der Waals surface area contributed by atoms with Crippen molar-refractivity contribution in [1.82, 2.24) is 14.2 Å². The van der Waals surface area contributed by atoms with Gasteiger partial charge in [-0.25, -0.2) is 13.4 Å². The van der Waals surface area contributed by atoms with Gasteiger partial charge in [0, 0.05) is 37.0 Å². The van der Waals surface area contributed by atoms with E-state index in [2.05, 4.69) is 10.3 Å². The monoisotopic (exact) mass is 650 g/mol. The molecule has 9 nitrogen and oxygen atoms in total. The molecule has 3 amide bonds. The lowest BCUT2D eigenvalue weighted by Gasteiger charge is -2.19. The number of nitrogens with zero attached hydrogens (tertiary/aromatic N) is 3. The Balaban J connectivity index is 0.937. The van der Waals surface area contributed by atoms with Crippen LogP contribution >= 0.6 is 11.3 Å². The number of fused-ring (bicyclic) bond motifs is 1. The number of thiazole rings is 1. The smallest absolute Gasteiger partial charge is 0.261 e. The van der Waals surface area contributed by atoms with Crippen molar-refractivity contribution >= 4 is 44.2 Å². The highest BCUT2D eigenvalue weighted by molar-refractivity contribution is 7.89. The van der Waals surface area contributed by atoms with E-state index in [1.807, 2.05) is 5.38 Å². The van der Waals surface area contributed by atoms with Gasteiger partial charge in [0.25, 0.3) is 11.8 Å². The van der Waals surface area contributed by atoms with Crippen LogP contribution in [0.4, 0.5) is 5.13 Å². The summed E-state index contributed by atoms with van der Waals surface area (Å²) in [5.41, 5.74) is 2.53. The van der Waals surface area contributed by atoms with Crippen LogP contribution in [0.15, 0.2) is 58.8 Å². The summed E-state index contributed by atoms with van der Waals surface area (Å²) in [5.74, 6) is -0.418. The van der Waals surface area contributed by atoms with E-state index >= 15 is 0 Å². The highest BCUT2D eigenvalue weighted by atomic mass is 32.2. The third kappa shape index (κ3) is 8.45. The number of anilines is 1. The number of unbranched alkanes of at least 4 members (excludes halogenated alkanes) is 7. The van der Waals surface area contributed by atoms with Crippen molar-refractivity contribution in [3.63, 3.8) is 0 Å². The van der Waals surface area contributed by atoms with Gasteiger partial charge in [-0.1, -0.05) is 75.6 Å². The second-order valence-corrected chi connectivity index (χ2v) is 14.6. The van der Waals surface area contributed by atoms with Crippen molar-refractivity contribution in [3.05, 3.63) is 65.0 Å². The van der Waals surface area contributed by atoms with Gasteiger partial charge in [0.2, 0.25) is 15.9 Å². The van der Waals surface area contributed by atoms with Gasteiger partial charge in [0.05, 0.1) is 21.7 Å². The van der Waals surface area contributed by atoms with Crippen LogP contribution in [-0.2, 0) is 14.8 Å². The van der Waals surface area contributed by atoms with Gasteiger partial charge in [-0.3, -0.25) is 19.3 Å². The van der Waals surface area contributed by atoms with Gasteiger partial charge < -0.3 is 5.32 Å². The van der Waals surface area contributed by atoms with Crippen LogP contribution in [0.5, 0.6) is 0 Å². The molecule has 0 radical (unpaired) electrons. The van der Waals surface area contributed by atoms with Crippen molar-refractivity contribution in [2.45, 2.75) is 88.4 Å². The number of carbonyl (C=O) groups excluding carboxylic acids is 3. The van der Waals surface area contributed by atoms with E-state index in [0.717, 1.165) is 82.6 Å². The first-order valence-corrected chi connectivity index (χ1v) is 18.5. The maximum absolute atomic E-state index is 13.0. The highest BCUT2D eigenvalue weighted by Gasteiger charge is 2.34. The normalized spacial score (nSPS) is 15.7. The van der Waals surface area contributed by atoms with Crippen LogP contribution < -0.4 is 5.32 Å². The molecular weight excluding hydrogens is 609 g/mol. The molecule has 0 saturated carbocycles. The first-order valence-electron chi connectivity index (χ1n) is 16.2. The van der Waals surface area contributed by atoms with Crippen molar-refractivity contribution in [3.8, 4) is 11.3 Å². The number of amides is 3. The van der Waals surface area contributed by atoms with E-state index in [9.17, 15) is 22.8 Å². The molecule has 45 heavy (non-hydrogen) atoms. The average Bonchev–Trinajstić information content (AvgIpc) is 3.46. The fourth-order valence-corrected chi connectivity index (χ4v) is 8.19. The molecule has 1 saturated heterocycles. The van der Waals surface area contributed by atoms with Crippen molar-refractivity contribution in [1.29, 1.82) is 0 Å². The summed E-state index contributed by atoms with van der Waals surface area (Å²) in [7, 11) is -3.49. The number of benzene rings is 2. The maximum atomic E-state index is 13.0. The quantitative estimate of drug-likeness (QED) is 0.138. The predicted molar refractivity (Wildman–Crippen MR) is 177 cm³/mol. The second-order valence-electron chi connectivity index (χ2n) is 11.8. The summed E-state index contributed by atoms with van der Waals surface area (Å²) in [6, 6.07) is 13.8. The zero-order chi connectivity index (χ0) is 31.6. The second kappa shape index (κ2) is 15.7. The molecule has 2 aliphatic rings. The Hall–Kier alpha value is -3.41. The summed E-state index contributed by atoms with van der Waals surface area (Å²) >= 11 is 1.36. The van der Waals surface area contributed by atoms with Crippen LogP contribution in [0.3, 0.4) is 0 Å². The zero-order valence-corrected chi connectivity index (χ0v) is 27.3. The predicted octanol–water partition coefficient (Wildman–Crippen LogP) is 7.12. The van der Waals surface area contributed by atoms with Gasteiger partial charge in [-0.15, -0.1) is 11.3 Å². The highest BCUT2D eigenvalue weighted by Crippen LogP contribution is 2.28. The number of nitrogens with one attached hydrogen (secondary N) is 1. The summed E-state index contributed by atoms with van der Waals surface area (Å²) in [6.45, 7) is 1.62. The molecule has 1 N–H and O–H groups in total. The minimum absolute atomic E-state index is 0.0528. The topological polar surface area (TPSA) is 117 Å². The van der Waals surface area contributed by atoms with Gasteiger partial charge in [0.15, 0.2) is 5.13 Å². The van der Waals surface area contributed by atoms with Crippen LogP contribution in [0.1, 0.15) is 104 Å². The molecule has 0 spiro atoms. The van der Waals surface area contributed by atoms with Crippen molar-refractivity contribution in [2.75, 3.05) is 25.0 Å². The number of rotatable bonds is 15. The van der Waals surface area contributed by atoms with E-state index in [1.165, 1.54) is 16.2 Å². The zero-order valence-electron chi connectivity index (χ0n) is 25.7. The van der Waals surface area contributed by atoms with E-state index in [-0.39, 0.29) is 17.7 Å². The molecule has 2 aliphatic heterocycles. The Bertz CT molecular complexity index is 1540. The lowest BCUT2D eigenvalue weighted by atomic mass is 10.1. The fraction of sp³-hybridized carbons (Fsp3) is 0.471. The minimum atomic E-state index is -3.49. The van der Waals surface area contributed by atoms with Gasteiger partial charge in [-0.05, 0) is 49.9 Å². The van der Waals surface area contributed by atoms with Crippen LogP contribution in [0.2, 0.25) is 0 Å². The molecular formula is C34H42N4O5S2. The standard InChI is InChI=1S/C34H42N4O5S2/c39-31(17-9-5-3-1-2-4-6-14-24-38-32(40)28-15-10-11-16-29(28)33(38)41)36-34-35-30(25-44-34)26-18-20-27(21-19-26)45(42,43)37-22-12-7-8-13-23-37/h10-11,15-16,18-21,25H,1-9,12-14,17,22-24H2,(H,35,36,39). The molecule has 0 atom stereocenters. The van der Waals surface area contributed by atoms with Crippen LogP contribution in [0, 0.1) is 0 Å². The number of imide groups is 1. The summed E-state index contributed by atoms with van der Waals surface area (Å²) in [4.78, 5) is 43.5. The number of hydrogen-bond acceptors (Lipinski definition) is 7. The Morgan fingerprint density at radius 1 is 0.778 bits per heavy atom. The van der Waals surface area contributed by atoms with E-state index in [0.29, 0.717) is 52.9 Å². The number of hydrogen-bond donors (Lipinski definition) is 1. The number of carbonyl (C=O) groups is 3. The SMILES string of the molecule is O=C(CCCCCCCCCCN1C(=O)c2ccccc2C1=O)Nc1nc(-c2ccc(S(=O)(=O)N3CCCCCC3)cc2)cs1. The third-order valence-electron chi connectivity index (χ3n) is 8.52. The average molecular weight is 651 g/mol. The Labute approximate surface area is 270 Å². The maximum Gasteiger partial charge on any atom is 0.261 e. The van der Waals surface area contributed by atoms with E-state index in [4.69, 9.17) is 0 Å². The lowest BCUT2D eigenvalue weighted by Crippen LogP contribution is -2.31. The van der Waals surface area contributed by atoms with E-state index < -0.39 is 10.0 Å². The molecule has 0 aliphatic carbocycles. The first kappa shape index (κ1) is 33.0. The van der Waals surface area contributed by atoms with Crippen molar-refractivity contribution in [2.24, 2.45) is 0 Å². The molecule has 240 valence electrons. The third-order valence-corrected chi connectivity index (χ3v) is 11.2. The molecule has 2 aromatic carbocycles. The fourth-order valence-electron chi connectivity index (χ4n) is 5.93. The summed E-state index contributed by atoms with van der Waals surface area (Å²) in [6.07, 6.45) is 12.3. The Kier molecular flexibility index (Phi) is 11.5. The molecule has 0 unspecified atom stereocenters. The molecule has 3 heterocycles. The molecule has 1 aromatic heterocycles. The lowest BCUT2D eigenvalue weighted by molar-refractivity contribution is -0.116. The van der Waals surface area contributed by atoms with Crippen molar-refractivity contribution < 1.29 is 22.8 Å². The Morgan fingerprint density at radius 2 is 1.36 bits per heavy atom. The van der Waals surface area contributed by atoms with Crippen LogP contribution in [0.25, 0.3) is 11.3 Å². The Morgan fingerprint density at radius 3 is 1.98 bits per heavy atom. The molecule has 1 fully saturated rings. The van der Waals surface area contributed by atoms with E-state index in [1.54, 1.807) is 52.8 Å². The molecule has 3 aromatic rings. The summed E-state index contributed by atoms with van der Waals surface area (Å²) < 4.78 is 27.7. The molecule has 11 heteroatoms. The van der Waals surface area contributed by atoms with Gasteiger partial charge >= 0.3 is 0 Å². The number of sulfonamides is 1. The largest absolute Gasteiger partial charge is 0.302 e.